The molecule has 26 heavy (non-hydrogen) atoms. The summed E-state index contributed by atoms with van der Waals surface area (Å²) < 4.78 is 2.79. The number of carbonyl (C=O) groups excluding carboxylic acids is 1. The molecule has 4 aromatic rings. The molecule has 1 N–H and O–H groups in total. The Labute approximate surface area is 159 Å². The van der Waals surface area contributed by atoms with Crippen LogP contribution in [0.4, 0.5) is 5.82 Å². The zero-order valence-corrected chi connectivity index (χ0v) is 15.7. The van der Waals surface area contributed by atoms with E-state index in [2.05, 4.69) is 21.2 Å². The number of amides is 1. The second kappa shape index (κ2) is 6.77. The highest BCUT2D eigenvalue weighted by molar-refractivity contribution is 9.10. The molecule has 5 heteroatoms. The Morgan fingerprint density at radius 2 is 1.85 bits per heavy atom. The van der Waals surface area contributed by atoms with Crippen LogP contribution in [0.5, 0.6) is 0 Å². The van der Waals surface area contributed by atoms with E-state index in [1.54, 1.807) is 12.1 Å². The highest BCUT2D eigenvalue weighted by Gasteiger charge is 2.18. The number of aryl methyl sites for hydroxylation is 1. The third-order valence-corrected chi connectivity index (χ3v) is 4.70. The average Bonchev–Trinajstić information content (AvgIpc) is 3.02. The fourth-order valence-electron chi connectivity index (χ4n) is 2.93. The van der Waals surface area contributed by atoms with Crippen molar-refractivity contribution in [1.29, 1.82) is 0 Å². The van der Waals surface area contributed by atoms with Crippen LogP contribution in [0.15, 0.2) is 77.4 Å². The number of benzene rings is 2. The number of halogens is 1. The number of nitrogens with zero attached hydrogens (tertiary/aromatic N) is 2. The van der Waals surface area contributed by atoms with Gasteiger partial charge in [0.1, 0.15) is 17.2 Å². The first-order chi connectivity index (χ1) is 12.6. The van der Waals surface area contributed by atoms with Gasteiger partial charge in [-0.2, -0.15) is 0 Å². The standard InChI is InChI=1S/C21H16BrN3O/c1-14-7-6-12-25-19(14)23-18(15-8-3-2-4-9-15)20(25)24-21(26)16-10-5-11-17(22)13-16/h2-13H,1H3,(H,24,26). The highest BCUT2D eigenvalue weighted by Crippen LogP contribution is 2.30. The van der Waals surface area contributed by atoms with Gasteiger partial charge in [0, 0.05) is 21.8 Å². The Bertz CT molecular complexity index is 1100. The van der Waals surface area contributed by atoms with E-state index < -0.39 is 0 Å². The Hall–Kier alpha value is -2.92. The van der Waals surface area contributed by atoms with E-state index in [0.29, 0.717) is 11.4 Å². The average molecular weight is 406 g/mol. The van der Waals surface area contributed by atoms with E-state index in [4.69, 9.17) is 4.98 Å². The number of rotatable bonds is 3. The van der Waals surface area contributed by atoms with Gasteiger partial charge < -0.3 is 5.32 Å². The molecule has 0 spiro atoms. The molecule has 1 amide bonds. The summed E-state index contributed by atoms with van der Waals surface area (Å²) in [6, 6.07) is 21.2. The predicted molar refractivity (Wildman–Crippen MR) is 107 cm³/mol. The number of hydrogen-bond acceptors (Lipinski definition) is 2. The molecule has 2 aromatic heterocycles. The lowest BCUT2D eigenvalue weighted by Gasteiger charge is -2.08. The van der Waals surface area contributed by atoms with Crippen molar-refractivity contribution >= 4 is 33.3 Å². The first-order valence-electron chi connectivity index (χ1n) is 8.23. The maximum Gasteiger partial charge on any atom is 0.256 e. The van der Waals surface area contributed by atoms with Crippen molar-refractivity contribution in [3.63, 3.8) is 0 Å². The summed E-state index contributed by atoms with van der Waals surface area (Å²) in [5, 5.41) is 3.04. The second-order valence-corrected chi connectivity index (χ2v) is 6.94. The third-order valence-electron chi connectivity index (χ3n) is 4.21. The lowest BCUT2D eigenvalue weighted by Crippen LogP contribution is -2.14. The number of carbonyl (C=O) groups is 1. The van der Waals surface area contributed by atoms with Gasteiger partial charge in [0.15, 0.2) is 0 Å². The van der Waals surface area contributed by atoms with Crippen molar-refractivity contribution in [2.75, 3.05) is 5.32 Å². The van der Waals surface area contributed by atoms with Crippen molar-refractivity contribution in [3.8, 4) is 11.3 Å². The SMILES string of the molecule is Cc1cccn2c(NC(=O)c3cccc(Br)c3)c(-c3ccccc3)nc12. The van der Waals surface area contributed by atoms with Crippen LogP contribution in [0.3, 0.4) is 0 Å². The first-order valence-corrected chi connectivity index (χ1v) is 9.03. The number of aromatic nitrogens is 2. The van der Waals surface area contributed by atoms with E-state index in [9.17, 15) is 4.79 Å². The molecule has 0 aliphatic carbocycles. The minimum atomic E-state index is -0.174. The Kier molecular flexibility index (Phi) is 4.31. The maximum absolute atomic E-state index is 12.8. The molecule has 2 aromatic carbocycles. The maximum atomic E-state index is 12.8. The van der Waals surface area contributed by atoms with Gasteiger partial charge in [-0.15, -0.1) is 0 Å². The normalized spacial score (nSPS) is 10.8. The Balaban J connectivity index is 1.85. The highest BCUT2D eigenvalue weighted by atomic mass is 79.9. The van der Waals surface area contributed by atoms with Gasteiger partial charge in [-0.1, -0.05) is 58.4 Å². The minimum Gasteiger partial charge on any atom is -0.306 e. The molecule has 0 radical (unpaired) electrons. The number of hydrogen-bond donors (Lipinski definition) is 1. The lowest BCUT2D eigenvalue weighted by molar-refractivity contribution is 0.102. The molecule has 0 atom stereocenters. The van der Waals surface area contributed by atoms with Crippen molar-refractivity contribution < 1.29 is 4.79 Å². The van der Waals surface area contributed by atoms with Crippen LogP contribution in [-0.4, -0.2) is 15.3 Å². The predicted octanol–water partition coefficient (Wildman–Crippen LogP) is 5.32. The molecule has 128 valence electrons. The molecule has 0 fully saturated rings. The van der Waals surface area contributed by atoms with Gasteiger partial charge in [-0.05, 0) is 36.8 Å². The molecule has 4 rings (SSSR count). The van der Waals surface area contributed by atoms with Crippen LogP contribution in [0.2, 0.25) is 0 Å². The molecular formula is C21H16BrN3O. The van der Waals surface area contributed by atoms with E-state index >= 15 is 0 Å². The van der Waals surface area contributed by atoms with Crippen molar-refractivity contribution in [1.82, 2.24) is 9.38 Å². The summed E-state index contributed by atoms with van der Waals surface area (Å²) in [7, 11) is 0. The molecule has 4 nitrogen and oxygen atoms in total. The summed E-state index contributed by atoms with van der Waals surface area (Å²) in [6.07, 6.45) is 1.91. The molecule has 2 heterocycles. The van der Waals surface area contributed by atoms with Gasteiger partial charge in [0.05, 0.1) is 0 Å². The van der Waals surface area contributed by atoms with Crippen LogP contribution < -0.4 is 5.32 Å². The second-order valence-electron chi connectivity index (χ2n) is 6.02. The molecule has 0 unspecified atom stereocenters. The Morgan fingerprint density at radius 3 is 2.62 bits per heavy atom. The van der Waals surface area contributed by atoms with E-state index in [1.807, 2.05) is 72.1 Å². The van der Waals surface area contributed by atoms with Crippen LogP contribution in [0.25, 0.3) is 16.9 Å². The van der Waals surface area contributed by atoms with Crippen molar-refractivity contribution in [3.05, 3.63) is 88.5 Å². The van der Waals surface area contributed by atoms with Gasteiger partial charge in [-0.3, -0.25) is 9.20 Å². The third kappa shape index (κ3) is 3.02. The molecule has 0 saturated heterocycles. The van der Waals surface area contributed by atoms with Crippen LogP contribution in [0, 0.1) is 6.92 Å². The molecular weight excluding hydrogens is 390 g/mol. The van der Waals surface area contributed by atoms with Gasteiger partial charge in [0.2, 0.25) is 0 Å². The number of nitrogens with one attached hydrogen (secondary N) is 1. The summed E-state index contributed by atoms with van der Waals surface area (Å²) in [4.78, 5) is 17.6. The smallest absolute Gasteiger partial charge is 0.256 e. The lowest BCUT2D eigenvalue weighted by atomic mass is 10.1. The monoisotopic (exact) mass is 405 g/mol. The molecule has 0 saturated carbocycles. The summed E-state index contributed by atoms with van der Waals surface area (Å²) in [6.45, 7) is 2.01. The van der Waals surface area contributed by atoms with E-state index in [1.165, 1.54) is 0 Å². The summed E-state index contributed by atoms with van der Waals surface area (Å²) in [5.74, 6) is 0.492. The largest absolute Gasteiger partial charge is 0.306 e. The van der Waals surface area contributed by atoms with Crippen molar-refractivity contribution in [2.45, 2.75) is 6.92 Å². The Morgan fingerprint density at radius 1 is 1.04 bits per heavy atom. The summed E-state index contributed by atoms with van der Waals surface area (Å²) >= 11 is 3.41. The van der Waals surface area contributed by atoms with Crippen LogP contribution in [-0.2, 0) is 0 Å². The number of fused-ring (bicyclic) bond motifs is 1. The zero-order chi connectivity index (χ0) is 18.1. The number of pyridine rings is 1. The molecule has 0 aliphatic rings. The topological polar surface area (TPSA) is 46.4 Å². The van der Waals surface area contributed by atoms with Crippen LogP contribution >= 0.6 is 15.9 Å². The number of imidazole rings is 1. The molecule has 0 bridgehead atoms. The van der Waals surface area contributed by atoms with Gasteiger partial charge >= 0.3 is 0 Å². The minimum absolute atomic E-state index is 0.174. The van der Waals surface area contributed by atoms with Gasteiger partial charge in [-0.25, -0.2) is 4.98 Å². The summed E-state index contributed by atoms with van der Waals surface area (Å²) in [5.41, 5.74) is 4.17. The fourth-order valence-corrected chi connectivity index (χ4v) is 3.33. The van der Waals surface area contributed by atoms with E-state index in [-0.39, 0.29) is 5.91 Å². The van der Waals surface area contributed by atoms with Crippen LogP contribution in [0.1, 0.15) is 15.9 Å². The van der Waals surface area contributed by atoms with Gasteiger partial charge in [0.25, 0.3) is 5.91 Å². The van der Waals surface area contributed by atoms with E-state index in [0.717, 1.165) is 26.9 Å². The van der Waals surface area contributed by atoms with Crippen molar-refractivity contribution in [2.24, 2.45) is 0 Å². The fraction of sp³-hybridized carbons (Fsp3) is 0.0476. The molecule has 0 aliphatic heterocycles. The number of anilines is 1. The first kappa shape index (κ1) is 16.5. The zero-order valence-electron chi connectivity index (χ0n) is 14.1. The quantitative estimate of drug-likeness (QED) is 0.500.